The van der Waals surface area contributed by atoms with E-state index in [1.54, 1.807) is 18.2 Å². The summed E-state index contributed by atoms with van der Waals surface area (Å²) >= 11 is 12.0. The van der Waals surface area contributed by atoms with E-state index < -0.39 is 0 Å². The molecule has 1 amide bonds. The first-order chi connectivity index (χ1) is 11.8. The van der Waals surface area contributed by atoms with Gasteiger partial charge in [0.25, 0.3) is 0 Å². The van der Waals surface area contributed by atoms with Gasteiger partial charge in [-0.1, -0.05) is 35.3 Å². The smallest absolute Gasteiger partial charge is 0.241 e. The average molecular weight is 380 g/mol. The maximum absolute atomic E-state index is 12.5. The van der Waals surface area contributed by atoms with Gasteiger partial charge < -0.3 is 10.2 Å². The Morgan fingerprint density at radius 2 is 1.72 bits per heavy atom. The van der Waals surface area contributed by atoms with E-state index in [9.17, 15) is 4.79 Å². The molecule has 1 atom stereocenters. The van der Waals surface area contributed by atoms with Crippen LogP contribution in [0.1, 0.15) is 12.5 Å². The molecule has 0 saturated carbocycles. The van der Waals surface area contributed by atoms with Crippen LogP contribution in [0.2, 0.25) is 10.0 Å². The molecule has 2 aromatic rings. The number of carbonyl (C=O) groups is 1. The Morgan fingerprint density at radius 3 is 2.28 bits per heavy atom. The summed E-state index contributed by atoms with van der Waals surface area (Å²) in [5.41, 5.74) is 2.86. The number of hydrogen-bond donors (Lipinski definition) is 1. The zero-order chi connectivity index (χ0) is 18.6. The molecule has 0 fully saturated rings. The third-order valence-corrected chi connectivity index (χ3v) is 4.66. The zero-order valence-corrected chi connectivity index (χ0v) is 16.4. The quantitative estimate of drug-likeness (QED) is 0.801. The predicted molar refractivity (Wildman–Crippen MR) is 107 cm³/mol. The minimum Gasteiger partial charge on any atom is -0.378 e. The first-order valence-corrected chi connectivity index (χ1v) is 8.76. The number of amides is 1. The SMILES string of the molecule is C[C@@H](C(=O)Nc1ccc(Cl)cc1Cl)N(C)Cc1ccc(N(C)C)cc1. The lowest BCUT2D eigenvalue weighted by atomic mass is 10.1. The van der Waals surface area contributed by atoms with E-state index in [0.29, 0.717) is 22.3 Å². The molecule has 4 nitrogen and oxygen atoms in total. The Bertz CT molecular complexity index is 732. The van der Waals surface area contributed by atoms with Gasteiger partial charge >= 0.3 is 0 Å². The maximum atomic E-state index is 12.5. The van der Waals surface area contributed by atoms with Crippen LogP contribution in [0.3, 0.4) is 0 Å². The third kappa shape index (κ3) is 5.36. The lowest BCUT2D eigenvalue weighted by Crippen LogP contribution is -2.39. The predicted octanol–water partition coefficient (Wildman–Crippen LogP) is 4.52. The van der Waals surface area contributed by atoms with Crippen LogP contribution in [-0.4, -0.2) is 38.0 Å². The van der Waals surface area contributed by atoms with E-state index in [2.05, 4.69) is 34.5 Å². The van der Waals surface area contributed by atoms with Gasteiger partial charge in [0.15, 0.2) is 0 Å². The van der Waals surface area contributed by atoms with Crippen LogP contribution in [0.4, 0.5) is 11.4 Å². The van der Waals surface area contributed by atoms with Crippen LogP contribution in [0.15, 0.2) is 42.5 Å². The highest BCUT2D eigenvalue weighted by atomic mass is 35.5. The number of halogens is 2. The van der Waals surface area contributed by atoms with Gasteiger partial charge in [-0.15, -0.1) is 0 Å². The monoisotopic (exact) mass is 379 g/mol. The van der Waals surface area contributed by atoms with E-state index in [-0.39, 0.29) is 11.9 Å². The number of nitrogens with one attached hydrogen (secondary N) is 1. The first-order valence-electron chi connectivity index (χ1n) is 8.00. The van der Waals surface area contributed by atoms with Crippen LogP contribution >= 0.6 is 23.2 Å². The van der Waals surface area contributed by atoms with Gasteiger partial charge in [-0.25, -0.2) is 0 Å². The van der Waals surface area contributed by atoms with Crippen molar-refractivity contribution in [2.75, 3.05) is 31.4 Å². The van der Waals surface area contributed by atoms with E-state index in [1.165, 1.54) is 0 Å². The van der Waals surface area contributed by atoms with E-state index in [0.717, 1.165) is 11.3 Å². The lowest BCUT2D eigenvalue weighted by molar-refractivity contribution is -0.120. The molecule has 25 heavy (non-hydrogen) atoms. The summed E-state index contributed by atoms with van der Waals surface area (Å²) in [7, 11) is 5.94. The largest absolute Gasteiger partial charge is 0.378 e. The van der Waals surface area contributed by atoms with Crippen LogP contribution in [0.5, 0.6) is 0 Å². The summed E-state index contributed by atoms with van der Waals surface area (Å²) in [5, 5.41) is 3.81. The Labute approximate surface area is 159 Å². The number of likely N-dealkylation sites (N-methyl/N-ethyl adjacent to an activating group) is 1. The van der Waals surface area contributed by atoms with Crippen molar-refractivity contribution in [2.45, 2.75) is 19.5 Å². The second-order valence-corrected chi connectivity index (χ2v) is 7.11. The van der Waals surface area contributed by atoms with Gasteiger partial charge in [-0.05, 0) is 49.9 Å². The van der Waals surface area contributed by atoms with Gasteiger partial charge in [0.05, 0.1) is 16.8 Å². The molecule has 2 rings (SSSR count). The van der Waals surface area contributed by atoms with Gasteiger partial charge in [-0.2, -0.15) is 0 Å². The van der Waals surface area contributed by atoms with Crippen molar-refractivity contribution in [3.63, 3.8) is 0 Å². The van der Waals surface area contributed by atoms with Crippen molar-refractivity contribution in [3.8, 4) is 0 Å². The number of anilines is 2. The number of rotatable bonds is 6. The summed E-state index contributed by atoms with van der Waals surface area (Å²) in [6.45, 7) is 2.55. The third-order valence-electron chi connectivity index (χ3n) is 4.11. The lowest BCUT2D eigenvalue weighted by Gasteiger charge is -2.24. The number of carbonyl (C=O) groups excluding carboxylic acids is 1. The number of hydrogen-bond acceptors (Lipinski definition) is 3. The molecular weight excluding hydrogens is 357 g/mol. The van der Waals surface area contributed by atoms with E-state index in [4.69, 9.17) is 23.2 Å². The molecule has 6 heteroatoms. The molecule has 0 radical (unpaired) electrons. The van der Waals surface area contributed by atoms with Crippen molar-refractivity contribution >= 4 is 40.5 Å². The fraction of sp³-hybridized carbons (Fsp3) is 0.316. The molecule has 0 aliphatic carbocycles. The van der Waals surface area contributed by atoms with Crippen LogP contribution in [0, 0.1) is 0 Å². The van der Waals surface area contributed by atoms with Crippen molar-refractivity contribution in [3.05, 3.63) is 58.1 Å². The Morgan fingerprint density at radius 1 is 1.08 bits per heavy atom. The molecule has 0 spiro atoms. The number of benzene rings is 2. The van der Waals surface area contributed by atoms with Gasteiger partial charge in [0.1, 0.15) is 0 Å². The topological polar surface area (TPSA) is 35.6 Å². The van der Waals surface area contributed by atoms with Gasteiger partial charge in [0, 0.05) is 31.4 Å². The zero-order valence-electron chi connectivity index (χ0n) is 14.9. The molecule has 134 valence electrons. The summed E-state index contributed by atoms with van der Waals surface area (Å²) < 4.78 is 0. The summed E-state index contributed by atoms with van der Waals surface area (Å²) in [6.07, 6.45) is 0. The highest BCUT2D eigenvalue weighted by Crippen LogP contribution is 2.25. The standard InChI is InChI=1S/C19H23Cl2N3O/c1-13(19(25)22-18-10-7-15(20)11-17(18)21)24(4)12-14-5-8-16(9-6-14)23(2)3/h5-11,13H,12H2,1-4H3,(H,22,25)/t13-/m0/s1. The maximum Gasteiger partial charge on any atom is 0.241 e. The van der Waals surface area contributed by atoms with E-state index in [1.807, 2.05) is 33.0 Å². The minimum atomic E-state index is -0.305. The molecule has 0 unspecified atom stereocenters. The highest BCUT2D eigenvalue weighted by molar-refractivity contribution is 6.36. The van der Waals surface area contributed by atoms with Crippen LogP contribution in [0.25, 0.3) is 0 Å². The second kappa shape index (κ2) is 8.56. The molecule has 2 aromatic carbocycles. The van der Waals surface area contributed by atoms with Crippen molar-refractivity contribution < 1.29 is 4.79 Å². The second-order valence-electron chi connectivity index (χ2n) is 6.27. The Kier molecular flexibility index (Phi) is 6.71. The highest BCUT2D eigenvalue weighted by Gasteiger charge is 2.19. The van der Waals surface area contributed by atoms with Crippen molar-refractivity contribution in [2.24, 2.45) is 0 Å². The average Bonchev–Trinajstić information content (AvgIpc) is 2.57. The number of nitrogens with zero attached hydrogens (tertiary/aromatic N) is 2. The summed E-state index contributed by atoms with van der Waals surface area (Å²) in [6, 6.07) is 13.0. The van der Waals surface area contributed by atoms with Gasteiger partial charge in [-0.3, -0.25) is 9.69 Å². The van der Waals surface area contributed by atoms with Crippen molar-refractivity contribution in [1.82, 2.24) is 4.90 Å². The molecule has 0 aliphatic heterocycles. The molecule has 0 bridgehead atoms. The van der Waals surface area contributed by atoms with E-state index >= 15 is 0 Å². The summed E-state index contributed by atoms with van der Waals surface area (Å²) in [4.78, 5) is 16.5. The molecule has 0 aromatic heterocycles. The molecule has 1 N–H and O–H groups in total. The Hall–Kier alpha value is -1.75. The first kappa shape index (κ1) is 19.6. The van der Waals surface area contributed by atoms with Crippen LogP contribution < -0.4 is 10.2 Å². The van der Waals surface area contributed by atoms with Crippen LogP contribution in [-0.2, 0) is 11.3 Å². The van der Waals surface area contributed by atoms with Gasteiger partial charge in [0.2, 0.25) is 5.91 Å². The molecule has 0 saturated heterocycles. The fourth-order valence-corrected chi connectivity index (χ4v) is 2.81. The van der Waals surface area contributed by atoms with Crippen molar-refractivity contribution in [1.29, 1.82) is 0 Å². The summed E-state index contributed by atoms with van der Waals surface area (Å²) in [5.74, 6) is -0.114. The molecular formula is C19H23Cl2N3O. The fourth-order valence-electron chi connectivity index (χ4n) is 2.35. The molecule has 0 aliphatic rings. The minimum absolute atomic E-state index is 0.114. The Balaban J connectivity index is 1.98. The molecule has 0 heterocycles. The normalized spacial score (nSPS) is 12.1.